The van der Waals surface area contributed by atoms with E-state index in [2.05, 4.69) is 0 Å². The molecule has 1 aliphatic carbocycles. The number of hydrogen-bond donors (Lipinski definition) is 1. The lowest BCUT2D eigenvalue weighted by molar-refractivity contribution is -0.129. The maximum Gasteiger partial charge on any atom is 0.414 e. The van der Waals surface area contributed by atoms with Crippen molar-refractivity contribution in [2.75, 3.05) is 12.5 Å². The van der Waals surface area contributed by atoms with Gasteiger partial charge < -0.3 is 9.84 Å². The summed E-state index contributed by atoms with van der Waals surface area (Å²) >= 11 is 5.40. The van der Waals surface area contributed by atoms with E-state index in [0.717, 1.165) is 24.3 Å². The normalized spacial score (nSPS) is 32.4. The molecule has 0 bridgehead atoms. The molecular weight excluding hydrogens is 234 g/mol. The molecule has 1 spiro atoms. The van der Waals surface area contributed by atoms with E-state index in [9.17, 15) is 9.59 Å². The summed E-state index contributed by atoms with van der Waals surface area (Å²) in [7, 11) is 0. The first-order valence-electron chi connectivity index (χ1n) is 5.33. The predicted molar refractivity (Wildman–Crippen MR) is 56.5 cm³/mol. The van der Waals surface area contributed by atoms with E-state index >= 15 is 0 Å². The number of amides is 2. The number of carbonyl (C=O) groups excluding carboxylic acids is 1. The van der Waals surface area contributed by atoms with Crippen molar-refractivity contribution in [3.8, 4) is 0 Å². The molecule has 0 unspecified atom stereocenters. The maximum atomic E-state index is 11.4. The number of carboxylic acid groups (broad SMARTS) is 1. The van der Waals surface area contributed by atoms with E-state index in [1.54, 1.807) is 0 Å². The van der Waals surface area contributed by atoms with Gasteiger partial charge in [-0.05, 0) is 25.7 Å². The molecule has 1 saturated heterocycles. The standard InChI is InChI=1S/C10H14ClNO4/c11-5-8(13)12(9(14)15)7-1-3-10(4-2-7)6-16-10/h7H,1-6H2,(H,14,15). The molecule has 0 aromatic rings. The Morgan fingerprint density at radius 2 is 2.00 bits per heavy atom. The first-order valence-corrected chi connectivity index (χ1v) is 5.86. The fourth-order valence-corrected chi connectivity index (χ4v) is 2.44. The van der Waals surface area contributed by atoms with Crippen LogP contribution in [0.5, 0.6) is 0 Å². The Bertz CT molecular complexity index is 306. The van der Waals surface area contributed by atoms with E-state index in [1.807, 2.05) is 0 Å². The molecule has 90 valence electrons. The van der Waals surface area contributed by atoms with Crippen LogP contribution in [-0.2, 0) is 9.53 Å². The Labute approximate surface area is 98.3 Å². The van der Waals surface area contributed by atoms with E-state index in [0.29, 0.717) is 12.8 Å². The average Bonchev–Trinajstić information content (AvgIpc) is 3.01. The molecule has 2 fully saturated rings. The summed E-state index contributed by atoms with van der Waals surface area (Å²) < 4.78 is 5.34. The fraction of sp³-hybridized carbons (Fsp3) is 0.800. The number of hydrogen-bond acceptors (Lipinski definition) is 3. The number of halogens is 1. The number of epoxide rings is 1. The molecule has 0 atom stereocenters. The van der Waals surface area contributed by atoms with E-state index < -0.39 is 12.0 Å². The molecule has 1 aliphatic heterocycles. The molecule has 0 aromatic heterocycles. The number of rotatable bonds is 2. The van der Waals surface area contributed by atoms with Gasteiger partial charge in [-0.1, -0.05) is 0 Å². The SMILES string of the molecule is O=C(O)N(C(=O)CCl)C1CCC2(CC1)CO2. The topological polar surface area (TPSA) is 70.1 Å². The minimum atomic E-state index is -1.21. The smallest absolute Gasteiger partial charge is 0.414 e. The summed E-state index contributed by atoms with van der Waals surface area (Å²) in [6, 6.07) is -0.237. The first kappa shape index (κ1) is 11.7. The maximum absolute atomic E-state index is 11.4. The summed E-state index contributed by atoms with van der Waals surface area (Å²) in [5.74, 6) is -0.823. The molecular formula is C10H14ClNO4. The third-order valence-electron chi connectivity index (χ3n) is 3.37. The van der Waals surface area contributed by atoms with Crippen molar-refractivity contribution in [3.63, 3.8) is 0 Å². The van der Waals surface area contributed by atoms with Gasteiger partial charge in [0, 0.05) is 6.04 Å². The van der Waals surface area contributed by atoms with Crippen molar-refractivity contribution in [2.24, 2.45) is 0 Å². The first-order chi connectivity index (χ1) is 7.58. The molecule has 6 heteroatoms. The monoisotopic (exact) mass is 247 g/mol. The van der Waals surface area contributed by atoms with Crippen LogP contribution in [0.2, 0.25) is 0 Å². The van der Waals surface area contributed by atoms with Gasteiger partial charge in [0.25, 0.3) is 0 Å². The van der Waals surface area contributed by atoms with Crippen LogP contribution in [0.25, 0.3) is 0 Å². The van der Waals surface area contributed by atoms with Gasteiger partial charge in [0.2, 0.25) is 5.91 Å². The highest BCUT2D eigenvalue weighted by atomic mass is 35.5. The van der Waals surface area contributed by atoms with Gasteiger partial charge in [-0.15, -0.1) is 11.6 Å². The quantitative estimate of drug-likeness (QED) is 0.592. The molecule has 16 heavy (non-hydrogen) atoms. The van der Waals surface area contributed by atoms with Crippen molar-refractivity contribution in [1.82, 2.24) is 4.90 Å². The summed E-state index contributed by atoms with van der Waals surface area (Å²) in [4.78, 5) is 23.3. The largest absolute Gasteiger partial charge is 0.465 e. The third kappa shape index (κ3) is 2.15. The predicted octanol–water partition coefficient (Wildman–Crippen LogP) is 1.44. The summed E-state index contributed by atoms with van der Waals surface area (Å²) in [5, 5.41) is 8.99. The highest BCUT2D eigenvalue weighted by Gasteiger charge is 2.48. The highest BCUT2D eigenvalue weighted by molar-refractivity contribution is 6.28. The van der Waals surface area contributed by atoms with Gasteiger partial charge >= 0.3 is 6.09 Å². The van der Waals surface area contributed by atoms with E-state index in [1.165, 1.54) is 0 Å². The van der Waals surface area contributed by atoms with Crippen molar-refractivity contribution >= 4 is 23.6 Å². The Morgan fingerprint density at radius 3 is 2.38 bits per heavy atom. The van der Waals surface area contributed by atoms with E-state index in [-0.39, 0.29) is 17.5 Å². The van der Waals surface area contributed by atoms with E-state index in [4.69, 9.17) is 21.4 Å². The number of carbonyl (C=O) groups is 2. The molecule has 2 amide bonds. The Hall–Kier alpha value is -0.810. The molecule has 1 saturated carbocycles. The Morgan fingerprint density at radius 1 is 1.44 bits per heavy atom. The van der Waals surface area contributed by atoms with Gasteiger partial charge in [-0.2, -0.15) is 0 Å². The van der Waals surface area contributed by atoms with Crippen LogP contribution >= 0.6 is 11.6 Å². The van der Waals surface area contributed by atoms with Crippen molar-refractivity contribution in [3.05, 3.63) is 0 Å². The van der Waals surface area contributed by atoms with Crippen LogP contribution in [-0.4, -0.2) is 46.1 Å². The van der Waals surface area contributed by atoms with Crippen LogP contribution in [0.3, 0.4) is 0 Å². The zero-order valence-corrected chi connectivity index (χ0v) is 9.57. The third-order valence-corrected chi connectivity index (χ3v) is 3.60. The van der Waals surface area contributed by atoms with Crippen molar-refractivity contribution in [1.29, 1.82) is 0 Å². The molecule has 1 heterocycles. The Kier molecular flexibility index (Phi) is 3.08. The van der Waals surface area contributed by atoms with Gasteiger partial charge in [-0.3, -0.25) is 4.79 Å². The molecule has 0 radical (unpaired) electrons. The van der Waals surface area contributed by atoms with Gasteiger partial charge in [-0.25, -0.2) is 9.69 Å². The lowest BCUT2D eigenvalue weighted by Gasteiger charge is -2.32. The second kappa shape index (κ2) is 4.22. The average molecular weight is 248 g/mol. The summed E-state index contributed by atoms with van der Waals surface area (Å²) in [6.45, 7) is 0.774. The fourth-order valence-electron chi connectivity index (χ4n) is 2.31. The number of imide groups is 1. The van der Waals surface area contributed by atoms with Crippen LogP contribution in [0.15, 0.2) is 0 Å². The van der Waals surface area contributed by atoms with Crippen molar-refractivity contribution in [2.45, 2.75) is 37.3 Å². The second-order valence-corrected chi connectivity index (χ2v) is 4.65. The zero-order valence-electron chi connectivity index (χ0n) is 8.82. The van der Waals surface area contributed by atoms with Gasteiger partial charge in [0.15, 0.2) is 0 Å². The summed E-state index contributed by atoms with van der Waals surface area (Å²) in [5.41, 5.74) is 0.00465. The van der Waals surface area contributed by atoms with Crippen LogP contribution in [0.4, 0.5) is 4.79 Å². The highest BCUT2D eigenvalue weighted by Crippen LogP contribution is 2.42. The molecule has 1 N–H and O–H groups in total. The van der Waals surface area contributed by atoms with Gasteiger partial charge in [0.1, 0.15) is 5.88 Å². The zero-order chi connectivity index (χ0) is 11.8. The second-order valence-electron chi connectivity index (χ2n) is 4.38. The lowest BCUT2D eigenvalue weighted by atomic mass is 9.85. The lowest BCUT2D eigenvalue weighted by Crippen LogP contribution is -2.47. The molecule has 5 nitrogen and oxygen atoms in total. The number of alkyl halides is 1. The summed E-state index contributed by atoms with van der Waals surface area (Å²) in [6.07, 6.45) is 1.81. The number of ether oxygens (including phenoxy) is 1. The van der Waals surface area contributed by atoms with Crippen LogP contribution in [0, 0.1) is 0 Å². The minimum absolute atomic E-state index is 0.00465. The molecule has 2 aliphatic rings. The van der Waals surface area contributed by atoms with Gasteiger partial charge in [0.05, 0.1) is 12.2 Å². The number of nitrogens with zero attached hydrogens (tertiary/aromatic N) is 1. The van der Waals surface area contributed by atoms with Crippen LogP contribution in [0.1, 0.15) is 25.7 Å². The molecule has 0 aromatic carbocycles. The Balaban J connectivity index is 1.98. The minimum Gasteiger partial charge on any atom is -0.465 e. The molecule has 2 rings (SSSR count). The van der Waals surface area contributed by atoms with Crippen LogP contribution < -0.4 is 0 Å². The van der Waals surface area contributed by atoms with Crippen molar-refractivity contribution < 1.29 is 19.4 Å².